The maximum absolute atomic E-state index is 12.8. The minimum Gasteiger partial charge on any atom is -0.504 e. The number of carbonyl (C=O) groups is 1. The molecule has 1 aromatic heterocycles. The topological polar surface area (TPSA) is 86.4 Å². The molecule has 8 heteroatoms. The van der Waals surface area contributed by atoms with Gasteiger partial charge in [-0.05, 0) is 61.2 Å². The van der Waals surface area contributed by atoms with Crippen LogP contribution in [0.5, 0.6) is 11.5 Å². The summed E-state index contributed by atoms with van der Waals surface area (Å²) in [5, 5.41) is 22.3. The van der Waals surface area contributed by atoms with Crippen LogP contribution in [0.2, 0.25) is 0 Å². The number of likely N-dealkylation sites (tertiary alicyclic amines) is 1. The molecule has 2 aliphatic heterocycles. The Morgan fingerprint density at radius 2 is 1.86 bits per heavy atom. The van der Waals surface area contributed by atoms with E-state index in [0.29, 0.717) is 36.5 Å². The van der Waals surface area contributed by atoms with Gasteiger partial charge in [0.25, 0.3) is 5.91 Å². The number of furan rings is 1. The largest absolute Gasteiger partial charge is 0.504 e. The summed E-state index contributed by atoms with van der Waals surface area (Å²) in [4.78, 5) is 17.0. The molecule has 0 unspecified atom stereocenters. The first kappa shape index (κ1) is 24.0. The summed E-state index contributed by atoms with van der Waals surface area (Å²) >= 11 is 1.87. The van der Waals surface area contributed by atoms with Gasteiger partial charge in [-0.1, -0.05) is 12.1 Å². The Bertz CT molecular complexity index is 1200. The minimum absolute atomic E-state index is 0.0585. The molecule has 0 spiro atoms. The number of amides is 1. The third-order valence-corrected chi connectivity index (χ3v) is 7.92. The van der Waals surface area contributed by atoms with E-state index in [-0.39, 0.29) is 11.7 Å². The number of phenolic OH excluding ortho intramolecular Hbond substituents is 1. The van der Waals surface area contributed by atoms with E-state index in [1.54, 1.807) is 6.07 Å². The monoisotopic (exact) mass is 496 g/mol. The van der Waals surface area contributed by atoms with Crippen molar-refractivity contribution in [2.45, 2.75) is 31.9 Å². The molecule has 3 heterocycles. The Kier molecular flexibility index (Phi) is 6.95. The summed E-state index contributed by atoms with van der Waals surface area (Å²) < 4.78 is 11.4. The second-order valence-corrected chi connectivity index (χ2v) is 10.5. The molecule has 0 atom stereocenters. The van der Waals surface area contributed by atoms with E-state index in [1.807, 2.05) is 60.0 Å². The van der Waals surface area contributed by atoms with Gasteiger partial charge in [-0.25, -0.2) is 0 Å². The summed E-state index contributed by atoms with van der Waals surface area (Å²) in [6, 6.07) is 13.0. The number of hydrogen-bond acceptors (Lipinski definition) is 7. The number of phenols is 1. The highest BCUT2D eigenvalue weighted by atomic mass is 32.2. The highest BCUT2D eigenvalue weighted by Crippen LogP contribution is 2.36. The van der Waals surface area contributed by atoms with Crippen molar-refractivity contribution in [3.8, 4) is 11.5 Å². The standard InChI is InChI=1S/C27H32N2O5S/c1-2-33-24-15-19(3-5-22(24)30)18-28-9-7-27(32,8-10-28)21-4-6-23-20(16-21)17-25(34-23)26(31)29-11-13-35-14-12-29/h3-6,15-17,30,32H,2,7-14,18H2,1H3. The molecule has 2 aliphatic rings. The number of hydrogen-bond donors (Lipinski definition) is 2. The molecule has 0 radical (unpaired) electrons. The molecule has 0 aliphatic carbocycles. The number of nitrogens with zero attached hydrogens (tertiary/aromatic N) is 2. The van der Waals surface area contributed by atoms with Gasteiger partial charge in [-0.15, -0.1) is 0 Å². The SMILES string of the molecule is CCOc1cc(CN2CCC(O)(c3ccc4oc(C(=O)N5CCSCC5)cc4c3)CC2)ccc1O. The molecule has 7 nitrogen and oxygen atoms in total. The Labute approximate surface area is 209 Å². The Morgan fingerprint density at radius 1 is 1.09 bits per heavy atom. The number of fused-ring (bicyclic) bond motifs is 1. The quantitative estimate of drug-likeness (QED) is 0.529. The first-order chi connectivity index (χ1) is 16.9. The molecule has 2 N–H and O–H groups in total. The van der Waals surface area contributed by atoms with Crippen molar-refractivity contribution in [2.75, 3.05) is 44.3 Å². The average molecular weight is 497 g/mol. The molecule has 5 rings (SSSR count). The zero-order chi connectivity index (χ0) is 24.4. The summed E-state index contributed by atoms with van der Waals surface area (Å²) in [5.74, 6) is 2.88. The van der Waals surface area contributed by atoms with Gasteiger partial charge in [-0.3, -0.25) is 9.69 Å². The van der Waals surface area contributed by atoms with Gasteiger partial charge in [0.05, 0.1) is 12.2 Å². The van der Waals surface area contributed by atoms with Gasteiger partial charge in [-0.2, -0.15) is 11.8 Å². The highest BCUT2D eigenvalue weighted by molar-refractivity contribution is 7.99. The lowest BCUT2D eigenvalue weighted by Crippen LogP contribution is -2.42. The summed E-state index contributed by atoms with van der Waals surface area (Å²) in [7, 11) is 0. The second kappa shape index (κ2) is 10.1. The molecule has 2 aromatic carbocycles. The molecule has 1 amide bonds. The van der Waals surface area contributed by atoms with E-state index in [1.165, 1.54) is 0 Å². The van der Waals surface area contributed by atoms with Crippen LogP contribution in [0.3, 0.4) is 0 Å². The number of thioether (sulfide) groups is 1. The summed E-state index contributed by atoms with van der Waals surface area (Å²) in [5.41, 5.74) is 1.69. The Balaban J connectivity index is 1.25. The van der Waals surface area contributed by atoms with Crippen molar-refractivity contribution in [1.29, 1.82) is 0 Å². The number of rotatable bonds is 6. The smallest absolute Gasteiger partial charge is 0.289 e. The van der Waals surface area contributed by atoms with Gasteiger partial charge >= 0.3 is 0 Å². The van der Waals surface area contributed by atoms with Crippen LogP contribution < -0.4 is 4.74 Å². The molecule has 3 aromatic rings. The third kappa shape index (κ3) is 5.15. The van der Waals surface area contributed by atoms with Crippen LogP contribution in [-0.4, -0.2) is 70.2 Å². The fourth-order valence-electron chi connectivity index (χ4n) is 4.92. The number of carbonyl (C=O) groups excluding carboxylic acids is 1. The summed E-state index contributed by atoms with van der Waals surface area (Å²) in [6.45, 7) is 6.13. The van der Waals surface area contributed by atoms with Gasteiger partial charge in [0, 0.05) is 49.6 Å². The fraction of sp³-hybridized carbons (Fsp3) is 0.444. The number of ether oxygens (including phenoxy) is 1. The second-order valence-electron chi connectivity index (χ2n) is 9.31. The lowest BCUT2D eigenvalue weighted by molar-refractivity contribution is -0.0276. The van der Waals surface area contributed by atoms with Crippen molar-refractivity contribution in [1.82, 2.24) is 9.80 Å². The van der Waals surface area contributed by atoms with Crippen molar-refractivity contribution in [3.05, 3.63) is 59.4 Å². The lowest BCUT2D eigenvalue weighted by atomic mass is 9.84. The van der Waals surface area contributed by atoms with Crippen LogP contribution in [-0.2, 0) is 12.1 Å². The van der Waals surface area contributed by atoms with E-state index in [2.05, 4.69) is 4.90 Å². The van der Waals surface area contributed by atoms with E-state index < -0.39 is 5.60 Å². The van der Waals surface area contributed by atoms with Gasteiger partial charge in [0.1, 0.15) is 5.58 Å². The van der Waals surface area contributed by atoms with Crippen LogP contribution in [0.4, 0.5) is 0 Å². The van der Waals surface area contributed by atoms with Crippen LogP contribution in [0.15, 0.2) is 46.9 Å². The van der Waals surface area contributed by atoms with Gasteiger partial charge < -0.3 is 24.3 Å². The third-order valence-electron chi connectivity index (χ3n) is 6.98. The number of aromatic hydroxyl groups is 1. The Morgan fingerprint density at radius 3 is 2.60 bits per heavy atom. The molecule has 186 valence electrons. The highest BCUT2D eigenvalue weighted by Gasteiger charge is 2.34. The predicted octanol–water partition coefficient (Wildman–Crippen LogP) is 4.21. The van der Waals surface area contributed by atoms with Crippen molar-refractivity contribution >= 4 is 28.6 Å². The van der Waals surface area contributed by atoms with Crippen LogP contribution in [0.25, 0.3) is 11.0 Å². The van der Waals surface area contributed by atoms with Gasteiger partial charge in [0.2, 0.25) is 0 Å². The molecule has 2 fully saturated rings. The molecule has 0 saturated carbocycles. The molecular formula is C27H32N2O5S. The Hall–Kier alpha value is -2.68. The van der Waals surface area contributed by atoms with Crippen molar-refractivity contribution in [3.63, 3.8) is 0 Å². The lowest BCUT2D eigenvalue weighted by Gasteiger charge is -2.38. The van der Waals surface area contributed by atoms with Gasteiger partial charge in [0.15, 0.2) is 17.3 Å². The number of piperidine rings is 1. The zero-order valence-corrected chi connectivity index (χ0v) is 20.9. The molecule has 2 saturated heterocycles. The maximum atomic E-state index is 12.8. The van der Waals surface area contributed by atoms with E-state index in [9.17, 15) is 15.0 Å². The van der Waals surface area contributed by atoms with Crippen molar-refractivity contribution < 1.29 is 24.2 Å². The fourth-order valence-corrected chi connectivity index (χ4v) is 5.82. The molecule has 35 heavy (non-hydrogen) atoms. The van der Waals surface area contributed by atoms with E-state index in [0.717, 1.165) is 60.7 Å². The van der Waals surface area contributed by atoms with Crippen LogP contribution in [0, 0.1) is 0 Å². The zero-order valence-electron chi connectivity index (χ0n) is 20.0. The molecular weight excluding hydrogens is 464 g/mol. The summed E-state index contributed by atoms with van der Waals surface area (Å²) in [6.07, 6.45) is 1.23. The normalized spacial score (nSPS) is 18.6. The molecule has 0 bridgehead atoms. The van der Waals surface area contributed by atoms with Crippen LogP contribution in [0.1, 0.15) is 41.4 Å². The van der Waals surface area contributed by atoms with E-state index in [4.69, 9.17) is 9.15 Å². The number of aliphatic hydroxyl groups is 1. The first-order valence-electron chi connectivity index (χ1n) is 12.3. The van der Waals surface area contributed by atoms with Crippen LogP contribution >= 0.6 is 11.8 Å². The van der Waals surface area contributed by atoms with Crippen molar-refractivity contribution in [2.24, 2.45) is 0 Å². The average Bonchev–Trinajstić information content (AvgIpc) is 3.31. The van der Waals surface area contributed by atoms with E-state index >= 15 is 0 Å². The number of benzene rings is 2. The first-order valence-corrected chi connectivity index (χ1v) is 13.4. The maximum Gasteiger partial charge on any atom is 0.289 e. The predicted molar refractivity (Wildman–Crippen MR) is 137 cm³/mol. The minimum atomic E-state index is -0.915.